The molecule has 0 aromatic carbocycles. The summed E-state index contributed by atoms with van der Waals surface area (Å²) in [5.74, 6) is -0.712. The number of hydrogen-bond acceptors (Lipinski definition) is 7. The van der Waals surface area contributed by atoms with Crippen LogP contribution in [0.2, 0.25) is 0 Å². The Morgan fingerprint density at radius 3 is 2.91 bits per heavy atom. The summed E-state index contributed by atoms with van der Waals surface area (Å²) in [5, 5.41) is 21.7. The maximum atomic E-state index is 12.0. The Morgan fingerprint density at radius 1 is 1.57 bits per heavy atom. The summed E-state index contributed by atoms with van der Waals surface area (Å²) in [4.78, 5) is 33.8. The number of ether oxygens (including phenoxy) is 1. The molecule has 124 valence electrons. The number of carbonyl (C=O) groups is 1. The highest BCUT2D eigenvalue weighted by atomic mass is 16.5. The van der Waals surface area contributed by atoms with Crippen molar-refractivity contribution in [3.8, 4) is 0 Å². The number of aliphatic hydroxyl groups excluding tert-OH is 2. The number of aliphatic hydroxyl groups is 2. The molecule has 23 heavy (non-hydrogen) atoms. The van der Waals surface area contributed by atoms with Gasteiger partial charge < -0.3 is 14.9 Å². The Bertz CT molecular complexity index is 800. The van der Waals surface area contributed by atoms with Crippen molar-refractivity contribution in [2.75, 3.05) is 11.9 Å². The van der Waals surface area contributed by atoms with Crippen molar-refractivity contribution in [3.63, 3.8) is 0 Å². The second-order valence-electron chi connectivity index (χ2n) is 5.52. The lowest BCUT2D eigenvalue weighted by Crippen LogP contribution is -2.28. The standard InChI is InChI=1S/C13H17N5O5/c1-5-9(21)7(3-19)23-12(5)18-4-14-8-10(18)16-13(15-6(2)20)17-11(8)22/h4-5,7,9,12,19,21H,3H2,1-2H3,(H2,15,16,17,20,22)/t5-,7+,9?,12+/m0/s1. The summed E-state index contributed by atoms with van der Waals surface area (Å²) in [7, 11) is 0. The van der Waals surface area contributed by atoms with Gasteiger partial charge in [0.2, 0.25) is 11.9 Å². The molecule has 1 aliphatic heterocycles. The first-order valence-electron chi connectivity index (χ1n) is 7.11. The van der Waals surface area contributed by atoms with E-state index in [0.717, 1.165) is 0 Å². The van der Waals surface area contributed by atoms with Gasteiger partial charge in [-0.1, -0.05) is 6.92 Å². The Balaban J connectivity index is 2.06. The molecule has 4 N–H and O–H groups in total. The maximum Gasteiger partial charge on any atom is 0.280 e. The molecule has 3 rings (SSSR count). The molecule has 0 aliphatic carbocycles. The first-order chi connectivity index (χ1) is 10.9. The number of carbonyl (C=O) groups excluding carboxylic acids is 1. The SMILES string of the molecule is CC(=O)Nc1nc2c(ncn2[C@@H]2O[C@H](CO)C(O)[C@@H]2C)c(=O)[nH]1. The van der Waals surface area contributed by atoms with E-state index in [0.29, 0.717) is 0 Å². The summed E-state index contributed by atoms with van der Waals surface area (Å²) in [6, 6.07) is 0. The molecule has 0 radical (unpaired) electrons. The van der Waals surface area contributed by atoms with Crippen LogP contribution in [0.5, 0.6) is 0 Å². The Hall–Kier alpha value is -2.30. The second-order valence-corrected chi connectivity index (χ2v) is 5.52. The highest BCUT2D eigenvalue weighted by Crippen LogP contribution is 2.35. The van der Waals surface area contributed by atoms with Crippen molar-refractivity contribution in [2.45, 2.75) is 32.3 Å². The lowest BCUT2D eigenvalue weighted by atomic mass is 10.0. The van der Waals surface area contributed by atoms with Crippen molar-refractivity contribution in [3.05, 3.63) is 16.7 Å². The number of fused-ring (bicyclic) bond motifs is 1. The van der Waals surface area contributed by atoms with Crippen molar-refractivity contribution in [1.29, 1.82) is 0 Å². The smallest absolute Gasteiger partial charge is 0.280 e. The summed E-state index contributed by atoms with van der Waals surface area (Å²) < 4.78 is 7.15. The van der Waals surface area contributed by atoms with Crippen LogP contribution in [-0.2, 0) is 9.53 Å². The van der Waals surface area contributed by atoms with Gasteiger partial charge in [0.25, 0.3) is 5.56 Å². The summed E-state index contributed by atoms with van der Waals surface area (Å²) in [6.45, 7) is 2.74. The molecule has 0 saturated carbocycles. The molecule has 1 fully saturated rings. The number of imidazole rings is 1. The molecule has 2 aromatic heterocycles. The molecule has 1 saturated heterocycles. The van der Waals surface area contributed by atoms with Gasteiger partial charge in [0.05, 0.1) is 19.0 Å². The van der Waals surface area contributed by atoms with Crippen LogP contribution in [0.25, 0.3) is 11.2 Å². The van der Waals surface area contributed by atoms with Crippen molar-refractivity contribution >= 4 is 23.0 Å². The second kappa shape index (κ2) is 5.72. The van der Waals surface area contributed by atoms with Crippen molar-refractivity contribution in [1.82, 2.24) is 19.5 Å². The van der Waals surface area contributed by atoms with Crippen LogP contribution in [0.3, 0.4) is 0 Å². The van der Waals surface area contributed by atoms with Crippen LogP contribution in [0.15, 0.2) is 11.1 Å². The quantitative estimate of drug-likeness (QED) is 0.565. The fourth-order valence-electron chi connectivity index (χ4n) is 2.70. The monoisotopic (exact) mass is 323 g/mol. The number of anilines is 1. The summed E-state index contributed by atoms with van der Waals surface area (Å²) in [6.07, 6.45) is -0.812. The molecule has 4 atom stereocenters. The van der Waals surface area contributed by atoms with Crippen molar-refractivity contribution < 1.29 is 19.7 Å². The van der Waals surface area contributed by atoms with E-state index in [1.54, 1.807) is 6.92 Å². The summed E-state index contributed by atoms with van der Waals surface area (Å²) in [5.41, 5.74) is -0.181. The minimum atomic E-state index is -0.848. The fourth-order valence-corrected chi connectivity index (χ4v) is 2.70. The number of H-pyrrole nitrogens is 1. The van der Waals surface area contributed by atoms with Gasteiger partial charge in [-0.2, -0.15) is 4.98 Å². The number of aromatic nitrogens is 4. The zero-order valence-electron chi connectivity index (χ0n) is 12.6. The Morgan fingerprint density at radius 2 is 2.30 bits per heavy atom. The number of hydrogen-bond donors (Lipinski definition) is 4. The van der Waals surface area contributed by atoms with E-state index in [2.05, 4.69) is 20.3 Å². The van der Waals surface area contributed by atoms with Crippen LogP contribution in [0.1, 0.15) is 20.1 Å². The zero-order chi connectivity index (χ0) is 16.7. The molecule has 0 spiro atoms. The Labute approximate surface area is 130 Å². The predicted molar refractivity (Wildman–Crippen MR) is 78.6 cm³/mol. The van der Waals surface area contributed by atoms with Gasteiger partial charge in [0.15, 0.2) is 11.2 Å². The van der Waals surface area contributed by atoms with Gasteiger partial charge in [-0.15, -0.1) is 0 Å². The molecule has 2 aromatic rings. The molecular formula is C13H17N5O5. The highest BCUT2D eigenvalue weighted by molar-refractivity contribution is 5.87. The third-order valence-corrected chi connectivity index (χ3v) is 3.86. The first kappa shape index (κ1) is 15.6. The fraction of sp³-hybridized carbons (Fsp3) is 0.538. The number of nitrogens with zero attached hydrogens (tertiary/aromatic N) is 3. The van der Waals surface area contributed by atoms with Crippen LogP contribution < -0.4 is 10.9 Å². The molecule has 0 bridgehead atoms. The van der Waals surface area contributed by atoms with Crippen LogP contribution >= 0.6 is 0 Å². The molecule has 3 heterocycles. The van der Waals surface area contributed by atoms with Gasteiger partial charge in [-0.05, 0) is 0 Å². The van der Waals surface area contributed by atoms with E-state index in [4.69, 9.17) is 4.74 Å². The lowest BCUT2D eigenvalue weighted by molar-refractivity contribution is -0.114. The number of aromatic amines is 1. The first-order valence-corrected chi connectivity index (χ1v) is 7.11. The van der Waals surface area contributed by atoms with E-state index in [1.165, 1.54) is 17.8 Å². The topological polar surface area (TPSA) is 142 Å². The molecule has 1 unspecified atom stereocenters. The maximum absolute atomic E-state index is 12.0. The highest BCUT2D eigenvalue weighted by Gasteiger charge is 2.42. The third kappa shape index (κ3) is 2.60. The van der Waals surface area contributed by atoms with Gasteiger partial charge in [0, 0.05) is 12.8 Å². The minimum absolute atomic E-state index is 0.00153. The molecule has 10 nitrogen and oxygen atoms in total. The number of amides is 1. The van der Waals surface area contributed by atoms with E-state index in [1.807, 2.05) is 0 Å². The van der Waals surface area contributed by atoms with Crippen LogP contribution in [0.4, 0.5) is 5.95 Å². The Kier molecular flexibility index (Phi) is 3.88. The number of rotatable bonds is 3. The zero-order valence-corrected chi connectivity index (χ0v) is 12.6. The summed E-state index contributed by atoms with van der Waals surface area (Å²) >= 11 is 0. The number of nitrogens with one attached hydrogen (secondary N) is 2. The third-order valence-electron chi connectivity index (χ3n) is 3.86. The molecule has 1 aliphatic rings. The molecular weight excluding hydrogens is 306 g/mol. The van der Waals surface area contributed by atoms with Crippen molar-refractivity contribution in [2.24, 2.45) is 5.92 Å². The average Bonchev–Trinajstić information content (AvgIpc) is 3.01. The lowest BCUT2D eigenvalue weighted by Gasteiger charge is -2.17. The van der Waals surface area contributed by atoms with Gasteiger partial charge in [-0.3, -0.25) is 24.5 Å². The van der Waals surface area contributed by atoms with E-state index in [9.17, 15) is 19.8 Å². The van der Waals surface area contributed by atoms with Crippen LogP contribution in [-0.4, -0.2) is 54.5 Å². The largest absolute Gasteiger partial charge is 0.394 e. The van der Waals surface area contributed by atoms with Gasteiger partial charge in [0.1, 0.15) is 12.3 Å². The predicted octanol–water partition coefficient (Wildman–Crippen LogP) is -1.04. The van der Waals surface area contributed by atoms with Gasteiger partial charge >= 0.3 is 0 Å². The normalized spacial score (nSPS) is 27.5. The van der Waals surface area contributed by atoms with E-state index >= 15 is 0 Å². The minimum Gasteiger partial charge on any atom is -0.394 e. The van der Waals surface area contributed by atoms with E-state index in [-0.39, 0.29) is 35.5 Å². The van der Waals surface area contributed by atoms with Gasteiger partial charge in [-0.25, -0.2) is 4.98 Å². The average molecular weight is 323 g/mol. The molecule has 1 amide bonds. The molecule has 10 heteroatoms. The van der Waals surface area contributed by atoms with E-state index < -0.39 is 24.0 Å². The van der Waals surface area contributed by atoms with Crippen LogP contribution in [0, 0.1) is 5.92 Å².